The first kappa shape index (κ1) is 14.7. The Morgan fingerprint density at radius 2 is 2.00 bits per heavy atom. The second kappa shape index (κ2) is 4.71. The lowest BCUT2D eigenvalue weighted by atomic mass is 10.1. The van der Waals surface area contributed by atoms with Crippen molar-refractivity contribution in [3.8, 4) is 0 Å². The molecule has 0 aromatic heterocycles. The Hall–Kier alpha value is -1.67. The van der Waals surface area contributed by atoms with Crippen molar-refractivity contribution in [3.05, 3.63) is 23.5 Å². The minimum absolute atomic E-state index is 0.0739. The smallest absolute Gasteiger partial charge is 0.253 e. The van der Waals surface area contributed by atoms with Gasteiger partial charge >= 0.3 is 0 Å². The summed E-state index contributed by atoms with van der Waals surface area (Å²) in [7, 11) is -2.65. The standard InChI is InChI=1S/C12H16FN3O3S/c1-12(3-4-12)16-20(18,19)10-5-7(11(17)15-2)9(14)6-8(10)13/h5-6,16H,3-4,14H2,1-2H3,(H,15,17). The number of hydrogen-bond donors (Lipinski definition) is 3. The van der Waals surface area contributed by atoms with Crippen molar-refractivity contribution < 1.29 is 17.6 Å². The van der Waals surface area contributed by atoms with Crippen LogP contribution in [0.5, 0.6) is 0 Å². The largest absolute Gasteiger partial charge is 0.398 e. The van der Waals surface area contributed by atoms with Crippen LogP contribution < -0.4 is 15.8 Å². The van der Waals surface area contributed by atoms with E-state index in [4.69, 9.17) is 5.73 Å². The molecule has 4 N–H and O–H groups in total. The number of rotatable bonds is 4. The third-order valence-corrected chi connectivity index (χ3v) is 4.90. The van der Waals surface area contributed by atoms with E-state index < -0.39 is 32.2 Å². The molecule has 0 saturated heterocycles. The SMILES string of the molecule is CNC(=O)c1cc(S(=O)(=O)NC2(C)CC2)c(F)cc1N. The quantitative estimate of drug-likeness (QED) is 0.709. The lowest BCUT2D eigenvalue weighted by Gasteiger charge is -2.14. The molecule has 6 nitrogen and oxygen atoms in total. The Kier molecular flexibility index (Phi) is 3.47. The number of amides is 1. The zero-order valence-corrected chi connectivity index (χ0v) is 12.0. The molecule has 0 spiro atoms. The minimum Gasteiger partial charge on any atom is -0.398 e. The van der Waals surface area contributed by atoms with Crippen molar-refractivity contribution in [2.45, 2.75) is 30.2 Å². The predicted molar refractivity (Wildman–Crippen MR) is 72.2 cm³/mol. The minimum atomic E-state index is -4.03. The molecule has 0 aliphatic heterocycles. The van der Waals surface area contributed by atoms with Crippen molar-refractivity contribution in [3.63, 3.8) is 0 Å². The van der Waals surface area contributed by atoms with Gasteiger partial charge in [0.25, 0.3) is 5.91 Å². The Labute approximate surface area is 116 Å². The lowest BCUT2D eigenvalue weighted by molar-refractivity contribution is 0.0963. The summed E-state index contributed by atoms with van der Waals surface area (Å²) in [6.07, 6.45) is 1.40. The van der Waals surface area contributed by atoms with E-state index in [1.807, 2.05) is 0 Å². The van der Waals surface area contributed by atoms with Gasteiger partial charge in [-0.15, -0.1) is 0 Å². The average Bonchev–Trinajstić information content (AvgIpc) is 3.04. The molecule has 0 atom stereocenters. The lowest BCUT2D eigenvalue weighted by Crippen LogP contribution is -2.35. The molecule has 1 saturated carbocycles. The molecular weight excluding hydrogens is 285 g/mol. The van der Waals surface area contributed by atoms with E-state index in [1.165, 1.54) is 7.05 Å². The zero-order chi connectivity index (χ0) is 15.1. The van der Waals surface area contributed by atoms with Crippen molar-refractivity contribution in [1.82, 2.24) is 10.0 Å². The maximum Gasteiger partial charge on any atom is 0.253 e. The van der Waals surface area contributed by atoms with E-state index >= 15 is 0 Å². The van der Waals surface area contributed by atoms with Gasteiger partial charge in [-0.3, -0.25) is 4.79 Å². The fraction of sp³-hybridized carbons (Fsp3) is 0.417. The average molecular weight is 301 g/mol. The van der Waals surface area contributed by atoms with Gasteiger partial charge in [0.2, 0.25) is 10.0 Å². The molecule has 8 heteroatoms. The van der Waals surface area contributed by atoms with E-state index in [2.05, 4.69) is 10.0 Å². The summed E-state index contributed by atoms with van der Waals surface area (Å²) in [5, 5.41) is 2.32. The highest BCUT2D eigenvalue weighted by Gasteiger charge is 2.42. The van der Waals surface area contributed by atoms with Crippen LogP contribution in [0, 0.1) is 5.82 Å². The van der Waals surface area contributed by atoms with E-state index in [0.717, 1.165) is 12.1 Å². The molecule has 0 heterocycles. The Bertz CT molecular complexity index is 669. The van der Waals surface area contributed by atoms with Crippen LogP contribution in [0.25, 0.3) is 0 Å². The van der Waals surface area contributed by atoms with Crippen LogP contribution in [0.15, 0.2) is 17.0 Å². The van der Waals surface area contributed by atoms with Gasteiger partial charge in [0.05, 0.1) is 5.56 Å². The Morgan fingerprint density at radius 3 is 2.50 bits per heavy atom. The van der Waals surface area contributed by atoms with Gasteiger partial charge in [0, 0.05) is 18.3 Å². The monoisotopic (exact) mass is 301 g/mol. The molecule has 110 valence electrons. The second-order valence-corrected chi connectivity index (χ2v) is 6.77. The van der Waals surface area contributed by atoms with Gasteiger partial charge in [-0.1, -0.05) is 0 Å². The summed E-state index contributed by atoms with van der Waals surface area (Å²) >= 11 is 0. The number of hydrogen-bond acceptors (Lipinski definition) is 4. The highest BCUT2D eigenvalue weighted by atomic mass is 32.2. The second-order valence-electron chi connectivity index (χ2n) is 5.12. The summed E-state index contributed by atoms with van der Waals surface area (Å²) in [6, 6.07) is 1.80. The molecule has 1 fully saturated rings. The molecular formula is C12H16FN3O3S. The summed E-state index contributed by atoms with van der Waals surface area (Å²) in [4.78, 5) is 11.0. The van der Waals surface area contributed by atoms with E-state index in [0.29, 0.717) is 12.8 Å². The number of nitrogens with two attached hydrogens (primary N) is 1. The van der Waals surface area contributed by atoms with Crippen LogP contribution >= 0.6 is 0 Å². The van der Waals surface area contributed by atoms with Crippen molar-refractivity contribution >= 4 is 21.6 Å². The van der Waals surface area contributed by atoms with Gasteiger partial charge in [-0.05, 0) is 31.9 Å². The molecule has 1 amide bonds. The first-order valence-electron chi connectivity index (χ1n) is 6.04. The molecule has 1 aromatic carbocycles. The number of nitrogen functional groups attached to an aromatic ring is 1. The molecule has 1 aliphatic rings. The molecule has 2 rings (SSSR count). The molecule has 1 aromatic rings. The van der Waals surface area contributed by atoms with Crippen molar-refractivity contribution in [1.29, 1.82) is 0 Å². The van der Waals surface area contributed by atoms with Gasteiger partial charge in [0.1, 0.15) is 10.7 Å². The fourth-order valence-corrected chi connectivity index (χ4v) is 3.33. The molecule has 1 aliphatic carbocycles. The molecule has 0 radical (unpaired) electrons. The van der Waals surface area contributed by atoms with Gasteiger partial charge in [-0.25, -0.2) is 17.5 Å². The summed E-state index contributed by atoms with van der Waals surface area (Å²) < 4.78 is 40.6. The molecule has 20 heavy (non-hydrogen) atoms. The maximum atomic E-state index is 13.9. The van der Waals surface area contributed by atoms with Crippen LogP contribution in [0.1, 0.15) is 30.1 Å². The normalized spacial score (nSPS) is 16.8. The van der Waals surface area contributed by atoms with Crippen LogP contribution in [0.3, 0.4) is 0 Å². The number of benzene rings is 1. The first-order valence-corrected chi connectivity index (χ1v) is 7.52. The van der Waals surface area contributed by atoms with Crippen molar-refractivity contribution in [2.24, 2.45) is 0 Å². The summed E-state index contributed by atoms with van der Waals surface area (Å²) in [5.41, 5.74) is 4.82. The van der Waals surface area contributed by atoms with E-state index in [9.17, 15) is 17.6 Å². The zero-order valence-electron chi connectivity index (χ0n) is 11.2. The van der Waals surface area contributed by atoms with Crippen molar-refractivity contribution in [2.75, 3.05) is 12.8 Å². The first-order chi connectivity index (χ1) is 9.18. The number of anilines is 1. The molecule has 0 unspecified atom stereocenters. The van der Waals surface area contributed by atoms with E-state index in [-0.39, 0.29) is 11.3 Å². The topological polar surface area (TPSA) is 101 Å². The van der Waals surface area contributed by atoms with Crippen LogP contribution in [-0.4, -0.2) is 26.9 Å². The van der Waals surface area contributed by atoms with Gasteiger partial charge in [0.15, 0.2) is 0 Å². The fourth-order valence-electron chi connectivity index (χ4n) is 1.77. The highest BCUT2D eigenvalue weighted by Crippen LogP contribution is 2.36. The Morgan fingerprint density at radius 1 is 1.40 bits per heavy atom. The number of carbonyl (C=O) groups is 1. The number of carbonyl (C=O) groups excluding carboxylic acids is 1. The number of halogens is 1. The van der Waals surface area contributed by atoms with Gasteiger partial charge in [-0.2, -0.15) is 0 Å². The predicted octanol–water partition coefficient (Wildman–Crippen LogP) is 0.598. The summed E-state index contributed by atoms with van der Waals surface area (Å²) in [6.45, 7) is 1.74. The summed E-state index contributed by atoms with van der Waals surface area (Å²) in [5.74, 6) is -1.55. The van der Waals surface area contributed by atoms with Crippen LogP contribution in [0.4, 0.5) is 10.1 Å². The van der Waals surface area contributed by atoms with Crippen LogP contribution in [-0.2, 0) is 10.0 Å². The third-order valence-electron chi connectivity index (χ3n) is 3.25. The van der Waals surface area contributed by atoms with Crippen LogP contribution in [0.2, 0.25) is 0 Å². The van der Waals surface area contributed by atoms with E-state index in [1.54, 1.807) is 6.92 Å². The number of sulfonamides is 1. The maximum absolute atomic E-state index is 13.9. The Balaban J connectivity index is 2.48. The van der Waals surface area contributed by atoms with Gasteiger partial charge < -0.3 is 11.1 Å². The number of nitrogens with one attached hydrogen (secondary N) is 2. The molecule has 0 bridgehead atoms. The third kappa shape index (κ3) is 2.75. The highest BCUT2D eigenvalue weighted by molar-refractivity contribution is 7.89.